The number of Topliss-reactive ketones (excluding diaryl/α,β-unsaturated/α-hetero) is 1. The number of carbonyl (C=O) groups excluding carboxylic acids is 5. The van der Waals surface area contributed by atoms with E-state index in [1.54, 1.807) is 0 Å². The van der Waals surface area contributed by atoms with E-state index in [1.807, 2.05) is 0 Å². The number of nitrogens with two attached hydrogens (primary N) is 1. The number of nitrogens with zero attached hydrogens (tertiary/aromatic N) is 3. The van der Waals surface area contributed by atoms with Crippen molar-refractivity contribution in [1.82, 2.24) is 9.88 Å². The van der Waals surface area contributed by atoms with Crippen LogP contribution in [0.25, 0.3) is 0 Å². The summed E-state index contributed by atoms with van der Waals surface area (Å²) in [4.78, 5) is 70.7. The Morgan fingerprint density at radius 3 is 2.55 bits per heavy atom. The Morgan fingerprint density at radius 2 is 2.03 bits per heavy atom. The Balaban J connectivity index is 0.00000253. The van der Waals surface area contributed by atoms with Gasteiger partial charge in [-0.05, 0) is 6.42 Å². The summed E-state index contributed by atoms with van der Waals surface area (Å²) in [6, 6.07) is 0. The topological polar surface area (TPSA) is 222 Å². The SMILES string of the molecule is CC[C@H](O/N=C(\C(=O)C[C@@H]1C(=O)N2[C@@H]1[S@@](=O)C[C@@H]1CC(=O)O[C@@]12C(=O)[O-])c1nc(N)sc1Cl)C(=O)[O-].[Na+].[Na+]. The van der Waals surface area contributed by atoms with Crippen LogP contribution < -0.4 is 75.1 Å². The number of esters is 1. The molecule has 3 aliphatic rings. The number of hydrogen-bond donors (Lipinski definition) is 1. The summed E-state index contributed by atoms with van der Waals surface area (Å²) in [5.41, 5.74) is 2.46. The maximum Gasteiger partial charge on any atom is 1.00 e. The second kappa shape index (κ2) is 12.6. The number of oxime groups is 1. The van der Waals surface area contributed by atoms with Gasteiger partial charge in [0, 0.05) is 28.9 Å². The maximum atomic E-state index is 13.2. The van der Waals surface area contributed by atoms with E-state index in [-0.39, 0.29) is 92.9 Å². The van der Waals surface area contributed by atoms with Gasteiger partial charge >= 0.3 is 65.1 Å². The van der Waals surface area contributed by atoms with Gasteiger partial charge in [0.05, 0.1) is 18.3 Å². The number of nitrogen functional groups attached to an aromatic ring is 1. The third kappa shape index (κ3) is 5.56. The maximum absolute atomic E-state index is 13.2. The van der Waals surface area contributed by atoms with Crippen molar-refractivity contribution in [2.45, 2.75) is 43.4 Å². The largest absolute Gasteiger partial charge is 1.00 e. The van der Waals surface area contributed by atoms with Gasteiger partial charge in [-0.2, -0.15) is 0 Å². The monoisotopic (exact) mass is 606 g/mol. The number of anilines is 1. The third-order valence-corrected chi connectivity index (χ3v) is 8.97. The Morgan fingerprint density at radius 1 is 1.37 bits per heavy atom. The summed E-state index contributed by atoms with van der Waals surface area (Å²) < 4.78 is 17.8. The van der Waals surface area contributed by atoms with Gasteiger partial charge in [-0.25, -0.2) is 4.98 Å². The number of aromatic nitrogens is 1. The molecule has 38 heavy (non-hydrogen) atoms. The molecule has 6 atom stereocenters. The minimum atomic E-state index is -2.40. The number of ether oxygens (including phenoxy) is 1. The van der Waals surface area contributed by atoms with E-state index in [9.17, 15) is 38.4 Å². The van der Waals surface area contributed by atoms with Crippen LogP contribution in [0.5, 0.6) is 0 Å². The van der Waals surface area contributed by atoms with Gasteiger partial charge in [0.2, 0.25) is 11.6 Å². The summed E-state index contributed by atoms with van der Waals surface area (Å²) >= 11 is 6.89. The molecule has 3 saturated heterocycles. The fraction of sp³-hybridized carbons (Fsp3) is 0.526. The molecule has 4 heterocycles. The normalized spacial score (nSPS) is 28.5. The average Bonchev–Trinajstić information content (AvgIpc) is 3.30. The van der Waals surface area contributed by atoms with Crippen molar-refractivity contribution >= 4 is 74.2 Å². The molecule has 0 aliphatic carbocycles. The Kier molecular flexibility index (Phi) is 11.0. The Hall–Kier alpha value is -1.11. The fourth-order valence-corrected chi connectivity index (χ4v) is 7.35. The number of amides is 1. The van der Waals surface area contributed by atoms with Crippen LogP contribution in [0.3, 0.4) is 0 Å². The van der Waals surface area contributed by atoms with Crippen molar-refractivity contribution in [2.75, 3.05) is 11.5 Å². The van der Waals surface area contributed by atoms with E-state index in [0.29, 0.717) is 4.90 Å². The molecule has 14 nitrogen and oxygen atoms in total. The number of carbonyl (C=O) groups is 5. The van der Waals surface area contributed by atoms with Crippen molar-refractivity contribution in [1.29, 1.82) is 0 Å². The minimum Gasteiger partial charge on any atom is -0.546 e. The van der Waals surface area contributed by atoms with Crippen LogP contribution in [0, 0.1) is 11.8 Å². The predicted molar refractivity (Wildman–Crippen MR) is 117 cm³/mol. The van der Waals surface area contributed by atoms with Gasteiger partial charge in [-0.1, -0.05) is 35.0 Å². The number of fused-ring (bicyclic) bond motifs is 3. The minimum absolute atomic E-state index is 0. The molecule has 0 aromatic carbocycles. The summed E-state index contributed by atoms with van der Waals surface area (Å²) in [7, 11) is -1.83. The van der Waals surface area contributed by atoms with Crippen molar-refractivity contribution in [3.8, 4) is 0 Å². The summed E-state index contributed by atoms with van der Waals surface area (Å²) in [5, 5.41) is 25.4. The third-order valence-electron chi connectivity index (χ3n) is 6.08. The van der Waals surface area contributed by atoms with Crippen LogP contribution >= 0.6 is 22.9 Å². The van der Waals surface area contributed by atoms with Crippen molar-refractivity contribution in [3.63, 3.8) is 0 Å². The number of rotatable bonds is 9. The standard InChI is InChI=1S/C19H19ClN4O10S2.2Na/c1-2-9(16(28)29)34-23-11(12-13(20)35-18(21)22-12)8(25)4-7-14(27)24-15(7)36(32)5-6-3-10(26)33-19(6,24)17(30)31;;/h6-7,9,15H,2-5H2,1H3,(H2,21,22)(H,28,29)(H,30,31);;/q;2*+1/p-2/b23-11+;;/t6-,7+,9-,15+,19+,36-;;/m0../s1. The molecule has 1 aromatic heterocycles. The molecule has 3 fully saturated rings. The number of aliphatic carboxylic acids is 2. The van der Waals surface area contributed by atoms with Crippen molar-refractivity contribution in [2.24, 2.45) is 17.0 Å². The molecule has 19 heteroatoms. The smallest absolute Gasteiger partial charge is 0.546 e. The summed E-state index contributed by atoms with van der Waals surface area (Å²) in [6.07, 6.45) is -2.55. The fourth-order valence-electron chi connectivity index (χ4n) is 4.41. The van der Waals surface area contributed by atoms with Gasteiger partial charge in [0.1, 0.15) is 21.4 Å². The molecular formula is C19H17ClN4Na2O10S2. The van der Waals surface area contributed by atoms with Crippen LogP contribution in [-0.4, -0.2) is 72.4 Å². The molecular weight excluding hydrogens is 590 g/mol. The van der Waals surface area contributed by atoms with Gasteiger partial charge in [0.25, 0.3) is 0 Å². The molecule has 2 N–H and O–H groups in total. The zero-order chi connectivity index (χ0) is 26.5. The molecule has 0 radical (unpaired) electrons. The number of carboxylic acid groups (broad SMARTS) is 2. The van der Waals surface area contributed by atoms with Crippen LogP contribution in [0.2, 0.25) is 4.34 Å². The number of thiazole rings is 1. The van der Waals surface area contributed by atoms with E-state index < -0.39 is 81.6 Å². The molecule has 0 unspecified atom stereocenters. The first-order valence-electron chi connectivity index (χ1n) is 10.5. The van der Waals surface area contributed by atoms with E-state index >= 15 is 0 Å². The molecule has 0 saturated carbocycles. The van der Waals surface area contributed by atoms with Crippen LogP contribution in [-0.2, 0) is 44.3 Å². The number of hydrogen-bond acceptors (Lipinski definition) is 14. The first kappa shape index (κ1) is 33.1. The summed E-state index contributed by atoms with van der Waals surface area (Å²) in [5.74, 6) is -8.67. The molecule has 0 bridgehead atoms. The number of carboxylic acids is 2. The van der Waals surface area contributed by atoms with Crippen LogP contribution in [0.4, 0.5) is 5.13 Å². The Labute approximate surface area is 270 Å². The van der Waals surface area contributed by atoms with Gasteiger partial charge in [0.15, 0.2) is 22.7 Å². The van der Waals surface area contributed by atoms with Crippen molar-refractivity contribution in [3.05, 3.63) is 10.0 Å². The van der Waals surface area contributed by atoms with Crippen LogP contribution in [0.15, 0.2) is 5.16 Å². The molecule has 1 amide bonds. The van der Waals surface area contributed by atoms with E-state index in [0.717, 1.165) is 11.3 Å². The number of ketones is 1. The zero-order valence-corrected chi connectivity index (χ0v) is 26.7. The second-order valence-corrected chi connectivity index (χ2v) is 11.4. The quantitative estimate of drug-likeness (QED) is 0.0910. The van der Waals surface area contributed by atoms with Crippen LogP contribution in [0.1, 0.15) is 31.9 Å². The van der Waals surface area contributed by atoms with Crippen molar-refractivity contribution < 1.29 is 107 Å². The first-order chi connectivity index (χ1) is 16.9. The molecule has 4 rings (SSSR count). The van der Waals surface area contributed by atoms with E-state index in [1.165, 1.54) is 6.92 Å². The Bertz CT molecular complexity index is 1250. The number of halogens is 1. The summed E-state index contributed by atoms with van der Waals surface area (Å²) in [6.45, 7) is 1.47. The molecule has 194 valence electrons. The molecule has 3 aliphatic heterocycles. The molecule has 1 aromatic rings. The van der Waals surface area contributed by atoms with Gasteiger partial charge < -0.3 is 35.1 Å². The van der Waals surface area contributed by atoms with E-state index in [2.05, 4.69) is 10.1 Å². The zero-order valence-electron chi connectivity index (χ0n) is 20.3. The van der Waals surface area contributed by atoms with Gasteiger partial charge in [-0.3, -0.25) is 23.5 Å². The van der Waals surface area contributed by atoms with E-state index in [4.69, 9.17) is 26.9 Å². The van der Waals surface area contributed by atoms with Gasteiger partial charge in [-0.15, -0.1) is 0 Å². The average molecular weight is 607 g/mol. The number of β-lactam (4-membered cyclic amide) rings is 1. The first-order valence-corrected chi connectivity index (χ1v) is 13.0. The predicted octanol–water partition coefficient (Wildman–Crippen LogP) is -8.85. The molecule has 0 spiro atoms. The second-order valence-electron chi connectivity index (χ2n) is 8.17.